The van der Waals surface area contributed by atoms with Gasteiger partial charge in [-0.15, -0.1) is 0 Å². The fraction of sp³-hybridized carbons (Fsp3) is 0.360. The average Bonchev–Trinajstić information content (AvgIpc) is 3.26. The van der Waals surface area contributed by atoms with Gasteiger partial charge in [0.15, 0.2) is 0 Å². The number of fused-ring (bicyclic) bond motifs is 2. The summed E-state index contributed by atoms with van der Waals surface area (Å²) in [5, 5.41) is 2.73. The first-order valence-corrected chi connectivity index (χ1v) is 12.2. The predicted octanol–water partition coefficient (Wildman–Crippen LogP) is 6.05. The minimum absolute atomic E-state index is 0.287. The summed E-state index contributed by atoms with van der Waals surface area (Å²) in [6, 6.07) is 12.2. The van der Waals surface area contributed by atoms with Gasteiger partial charge in [-0.05, 0) is 66.8 Å². The van der Waals surface area contributed by atoms with Crippen LogP contribution in [-0.2, 0) is 31.6 Å². The Kier molecular flexibility index (Phi) is 6.23. The van der Waals surface area contributed by atoms with E-state index in [0.29, 0.717) is 18.5 Å². The Morgan fingerprint density at radius 3 is 2.19 bits per heavy atom. The van der Waals surface area contributed by atoms with E-state index >= 15 is 0 Å². The van der Waals surface area contributed by atoms with Gasteiger partial charge in [-0.2, -0.15) is 0 Å². The molecule has 0 spiro atoms. The fourth-order valence-corrected chi connectivity index (χ4v) is 6.70. The van der Waals surface area contributed by atoms with Gasteiger partial charge in [0.25, 0.3) is 0 Å². The Hall–Kier alpha value is -2.17. The van der Waals surface area contributed by atoms with Crippen LogP contribution < -0.4 is 10.0 Å². The molecule has 0 unspecified atom stereocenters. The number of hydrogen-bond donors (Lipinski definition) is 0. The second-order valence-electron chi connectivity index (χ2n) is 7.62. The molecule has 1 heterocycles. The Bertz CT molecular complexity index is 1170. The molecule has 0 N–H and O–H groups in total. The van der Waals surface area contributed by atoms with Crippen molar-refractivity contribution >= 4 is 23.7 Å². The molecule has 31 heavy (non-hydrogen) atoms. The van der Waals surface area contributed by atoms with Crippen LogP contribution in [0.3, 0.4) is 0 Å². The van der Waals surface area contributed by atoms with Crippen LogP contribution in [0.1, 0.15) is 36.1 Å². The molecule has 1 aliphatic heterocycles. The monoisotopic (exact) mass is 440 g/mol. The van der Waals surface area contributed by atoms with Crippen molar-refractivity contribution in [2.24, 2.45) is 0 Å². The van der Waals surface area contributed by atoms with Crippen molar-refractivity contribution in [1.29, 1.82) is 0 Å². The summed E-state index contributed by atoms with van der Waals surface area (Å²) in [6.07, 6.45) is 0. The van der Waals surface area contributed by atoms with E-state index in [4.69, 9.17) is 18.5 Å². The van der Waals surface area contributed by atoms with Gasteiger partial charge < -0.3 is 18.5 Å². The summed E-state index contributed by atoms with van der Waals surface area (Å²) in [4.78, 5) is 0. The summed E-state index contributed by atoms with van der Waals surface area (Å²) in [5.41, 5.74) is 5.93. The number of rotatable bonds is 7. The minimum Gasteiger partial charge on any atom is -0.496 e. The van der Waals surface area contributed by atoms with E-state index in [2.05, 4.69) is 19.1 Å². The van der Waals surface area contributed by atoms with E-state index < -0.39 is 7.60 Å². The van der Waals surface area contributed by atoms with Gasteiger partial charge in [0, 0.05) is 11.1 Å². The number of methoxy groups -OCH3 is 1. The van der Waals surface area contributed by atoms with Crippen molar-refractivity contribution in [3.63, 3.8) is 0 Å². The normalized spacial score (nSPS) is 13.6. The van der Waals surface area contributed by atoms with Crippen LogP contribution in [0.15, 0.2) is 36.4 Å². The van der Waals surface area contributed by atoms with Crippen molar-refractivity contribution in [2.45, 2.75) is 40.9 Å². The highest BCUT2D eigenvalue weighted by Crippen LogP contribution is 2.54. The molecule has 0 saturated carbocycles. The van der Waals surface area contributed by atoms with Gasteiger partial charge in [-0.1, -0.05) is 30.3 Å². The van der Waals surface area contributed by atoms with Gasteiger partial charge in [-0.3, -0.25) is 4.57 Å². The predicted molar refractivity (Wildman–Crippen MR) is 124 cm³/mol. The second kappa shape index (κ2) is 8.76. The van der Waals surface area contributed by atoms with Gasteiger partial charge in [-0.25, -0.2) is 0 Å². The van der Waals surface area contributed by atoms with Crippen molar-refractivity contribution < 1.29 is 23.1 Å². The molecule has 0 bridgehead atoms. The third kappa shape index (κ3) is 3.60. The van der Waals surface area contributed by atoms with Gasteiger partial charge in [0.1, 0.15) is 5.75 Å². The zero-order valence-corrected chi connectivity index (χ0v) is 19.7. The summed E-state index contributed by atoms with van der Waals surface area (Å²) >= 11 is 0. The minimum atomic E-state index is -3.59. The highest BCUT2D eigenvalue weighted by Gasteiger charge is 2.37. The van der Waals surface area contributed by atoms with Crippen LogP contribution in [-0.4, -0.2) is 20.3 Å². The lowest BCUT2D eigenvalue weighted by Crippen LogP contribution is -2.21. The molecule has 0 atom stereocenters. The number of ether oxygens (including phenoxy) is 2. The standard InChI is InChI=1S/C25H29O5P/c1-6-29-31(26,30-7-2)25-17(4)21-15-28-14-20(21)16(3)23(25)24-19-11-9-8-10-18(19)12-13-22(24)27-5/h8-13H,6-7,14-15H2,1-5H3. The molecule has 0 saturated heterocycles. The molecule has 3 aromatic rings. The van der Waals surface area contributed by atoms with Crippen molar-refractivity contribution in [1.82, 2.24) is 0 Å². The molecule has 5 nitrogen and oxygen atoms in total. The van der Waals surface area contributed by atoms with Crippen LogP contribution in [0, 0.1) is 13.8 Å². The van der Waals surface area contributed by atoms with Gasteiger partial charge in [0.05, 0.1) is 38.8 Å². The molecule has 0 fully saturated rings. The van der Waals surface area contributed by atoms with Crippen LogP contribution in [0.2, 0.25) is 0 Å². The smallest absolute Gasteiger partial charge is 0.362 e. The topological polar surface area (TPSA) is 54.0 Å². The van der Waals surface area contributed by atoms with Crippen LogP contribution in [0.25, 0.3) is 21.9 Å². The first-order chi connectivity index (χ1) is 15.0. The lowest BCUT2D eigenvalue weighted by Gasteiger charge is -2.27. The molecule has 6 heteroatoms. The largest absolute Gasteiger partial charge is 0.496 e. The lowest BCUT2D eigenvalue weighted by molar-refractivity contribution is 0.134. The molecule has 1 aliphatic rings. The molecule has 164 valence electrons. The zero-order chi connectivity index (χ0) is 22.2. The molecule has 0 amide bonds. The third-order valence-corrected chi connectivity index (χ3v) is 8.27. The van der Waals surface area contributed by atoms with E-state index in [1.807, 2.05) is 45.0 Å². The molecule has 3 aromatic carbocycles. The first-order valence-electron chi connectivity index (χ1n) is 10.6. The quantitative estimate of drug-likeness (QED) is 0.419. The highest BCUT2D eigenvalue weighted by molar-refractivity contribution is 7.62. The maximum atomic E-state index is 14.2. The van der Waals surface area contributed by atoms with Crippen molar-refractivity contribution in [3.05, 3.63) is 58.7 Å². The SMILES string of the molecule is CCOP(=O)(OCC)c1c(C)c2c(c(C)c1-c1c(OC)ccc3ccccc13)COC2. The van der Waals surface area contributed by atoms with E-state index in [1.165, 1.54) is 0 Å². The van der Waals surface area contributed by atoms with Gasteiger partial charge in [0.2, 0.25) is 0 Å². The number of benzene rings is 3. The van der Waals surface area contributed by atoms with E-state index in [0.717, 1.165) is 49.9 Å². The molecule has 0 radical (unpaired) electrons. The van der Waals surface area contributed by atoms with E-state index in [1.54, 1.807) is 7.11 Å². The van der Waals surface area contributed by atoms with Crippen LogP contribution in [0.4, 0.5) is 0 Å². The van der Waals surface area contributed by atoms with Crippen molar-refractivity contribution in [2.75, 3.05) is 20.3 Å². The highest BCUT2D eigenvalue weighted by atomic mass is 31.2. The molecular formula is C25H29O5P. The maximum Gasteiger partial charge on any atom is 0.362 e. The van der Waals surface area contributed by atoms with Crippen molar-refractivity contribution in [3.8, 4) is 16.9 Å². The summed E-state index contributed by atoms with van der Waals surface area (Å²) in [7, 11) is -1.93. The summed E-state index contributed by atoms with van der Waals surface area (Å²) in [5.74, 6) is 0.723. The maximum absolute atomic E-state index is 14.2. The molecular weight excluding hydrogens is 411 g/mol. The second-order valence-corrected chi connectivity index (χ2v) is 9.58. The Labute approximate surface area is 183 Å². The lowest BCUT2D eigenvalue weighted by atomic mass is 9.88. The Morgan fingerprint density at radius 1 is 0.903 bits per heavy atom. The van der Waals surface area contributed by atoms with E-state index in [-0.39, 0.29) is 13.2 Å². The number of hydrogen-bond acceptors (Lipinski definition) is 5. The first kappa shape index (κ1) is 22.0. The molecule has 0 aliphatic carbocycles. The fourth-order valence-electron chi connectivity index (χ4n) is 4.59. The molecule has 4 rings (SSSR count). The Morgan fingerprint density at radius 2 is 1.55 bits per heavy atom. The van der Waals surface area contributed by atoms with Crippen LogP contribution in [0.5, 0.6) is 5.75 Å². The van der Waals surface area contributed by atoms with Gasteiger partial charge >= 0.3 is 7.60 Å². The van der Waals surface area contributed by atoms with E-state index in [9.17, 15) is 4.57 Å². The average molecular weight is 440 g/mol. The Balaban J connectivity index is 2.19. The summed E-state index contributed by atoms with van der Waals surface area (Å²) in [6.45, 7) is 9.34. The third-order valence-electron chi connectivity index (χ3n) is 5.96. The molecule has 0 aromatic heterocycles. The zero-order valence-electron chi connectivity index (χ0n) is 18.8. The van der Waals surface area contributed by atoms with Crippen LogP contribution >= 0.6 is 7.60 Å². The summed E-state index contributed by atoms with van der Waals surface area (Å²) < 4.78 is 37.5.